The average molecular weight is 238 g/mol. The van der Waals surface area contributed by atoms with Gasteiger partial charge in [0.2, 0.25) is 0 Å². The van der Waals surface area contributed by atoms with Gasteiger partial charge in [-0.3, -0.25) is 4.79 Å². The fourth-order valence-corrected chi connectivity index (χ4v) is 1.90. The summed E-state index contributed by atoms with van der Waals surface area (Å²) in [6.45, 7) is 3.82. The number of fused-ring (bicyclic) bond motifs is 1. The van der Waals surface area contributed by atoms with Crippen LogP contribution < -0.4 is 5.32 Å². The van der Waals surface area contributed by atoms with E-state index in [1.54, 1.807) is 12.1 Å². The molecule has 0 radical (unpaired) electrons. The Bertz CT molecular complexity index is 638. The Hall–Kier alpha value is -2.34. The second-order valence-electron chi connectivity index (χ2n) is 4.48. The van der Waals surface area contributed by atoms with E-state index in [1.807, 2.05) is 38.1 Å². The maximum Gasteiger partial charge on any atom is 0.252 e. The lowest BCUT2D eigenvalue weighted by Gasteiger charge is -2.11. The van der Waals surface area contributed by atoms with Crippen molar-refractivity contribution in [3.8, 4) is 6.07 Å². The molecule has 0 unspecified atom stereocenters. The molecule has 3 heteroatoms. The Kier molecular flexibility index (Phi) is 3.29. The van der Waals surface area contributed by atoms with E-state index >= 15 is 0 Å². The van der Waals surface area contributed by atoms with Gasteiger partial charge in [0.05, 0.1) is 11.6 Å². The standard InChI is InChI=1S/C15H14N2O/c1-10(2)17-15(18)14-8-11(9-16)7-12-5-3-4-6-13(12)14/h3-8,10H,1-2H3,(H,17,18). The van der Waals surface area contributed by atoms with Crippen LogP contribution >= 0.6 is 0 Å². The van der Waals surface area contributed by atoms with Gasteiger partial charge in [0, 0.05) is 11.6 Å². The molecule has 0 aliphatic heterocycles. The van der Waals surface area contributed by atoms with Crippen molar-refractivity contribution in [2.24, 2.45) is 0 Å². The molecule has 2 aromatic carbocycles. The number of nitriles is 1. The van der Waals surface area contributed by atoms with Gasteiger partial charge in [0.25, 0.3) is 5.91 Å². The average Bonchev–Trinajstić information content (AvgIpc) is 2.36. The molecular weight excluding hydrogens is 224 g/mol. The van der Waals surface area contributed by atoms with Crippen LogP contribution in [0.25, 0.3) is 10.8 Å². The van der Waals surface area contributed by atoms with E-state index in [0.717, 1.165) is 10.8 Å². The summed E-state index contributed by atoms with van der Waals surface area (Å²) < 4.78 is 0. The Balaban J connectivity index is 2.61. The van der Waals surface area contributed by atoms with E-state index in [4.69, 9.17) is 5.26 Å². The van der Waals surface area contributed by atoms with E-state index in [2.05, 4.69) is 11.4 Å². The first kappa shape index (κ1) is 12.1. The van der Waals surface area contributed by atoms with E-state index < -0.39 is 0 Å². The molecule has 0 aliphatic carbocycles. The highest BCUT2D eigenvalue weighted by molar-refractivity contribution is 6.07. The maximum atomic E-state index is 12.1. The van der Waals surface area contributed by atoms with Crippen LogP contribution in [0, 0.1) is 11.3 Å². The number of hydrogen-bond acceptors (Lipinski definition) is 2. The van der Waals surface area contributed by atoms with Crippen molar-refractivity contribution in [2.45, 2.75) is 19.9 Å². The van der Waals surface area contributed by atoms with Crippen LogP contribution in [0.3, 0.4) is 0 Å². The fraction of sp³-hybridized carbons (Fsp3) is 0.200. The summed E-state index contributed by atoms with van der Waals surface area (Å²) >= 11 is 0. The summed E-state index contributed by atoms with van der Waals surface area (Å²) in [4.78, 5) is 12.1. The Morgan fingerprint density at radius 3 is 2.67 bits per heavy atom. The first-order valence-electron chi connectivity index (χ1n) is 5.85. The first-order valence-corrected chi connectivity index (χ1v) is 5.85. The fourth-order valence-electron chi connectivity index (χ4n) is 1.90. The van der Waals surface area contributed by atoms with Gasteiger partial charge in [-0.25, -0.2) is 0 Å². The third-order valence-corrected chi connectivity index (χ3v) is 2.66. The number of carbonyl (C=O) groups excluding carboxylic acids is 1. The molecule has 0 aromatic heterocycles. The van der Waals surface area contributed by atoms with Gasteiger partial charge in [-0.2, -0.15) is 5.26 Å². The molecule has 3 nitrogen and oxygen atoms in total. The molecule has 1 N–H and O–H groups in total. The highest BCUT2D eigenvalue weighted by Gasteiger charge is 2.12. The second-order valence-corrected chi connectivity index (χ2v) is 4.48. The minimum absolute atomic E-state index is 0.0713. The van der Waals surface area contributed by atoms with Gasteiger partial charge in [-0.15, -0.1) is 0 Å². The molecule has 0 atom stereocenters. The third-order valence-electron chi connectivity index (χ3n) is 2.66. The van der Waals surface area contributed by atoms with Crippen molar-refractivity contribution in [2.75, 3.05) is 0 Å². The molecule has 0 saturated carbocycles. The zero-order valence-electron chi connectivity index (χ0n) is 10.4. The summed E-state index contributed by atoms with van der Waals surface area (Å²) in [6.07, 6.45) is 0. The molecule has 0 heterocycles. The monoisotopic (exact) mass is 238 g/mol. The SMILES string of the molecule is CC(C)NC(=O)c1cc(C#N)cc2ccccc12. The summed E-state index contributed by atoms with van der Waals surface area (Å²) in [5, 5.41) is 13.6. The maximum absolute atomic E-state index is 12.1. The predicted octanol–water partition coefficient (Wildman–Crippen LogP) is 2.85. The van der Waals surface area contributed by atoms with E-state index in [0.29, 0.717) is 11.1 Å². The lowest BCUT2D eigenvalue weighted by molar-refractivity contribution is 0.0945. The smallest absolute Gasteiger partial charge is 0.252 e. The van der Waals surface area contributed by atoms with Gasteiger partial charge < -0.3 is 5.32 Å². The lowest BCUT2D eigenvalue weighted by Crippen LogP contribution is -2.30. The number of hydrogen-bond donors (Lipinski definition) is 1. The molecule has 18 heavy (non-hydrogen) atoms. The lowest BCUT2D eigenvalue weighted by atomic mass is 10.0. The molecule has 0 saturated heterocycles. The zero-order chi connectivity index (χ0) is 13.1. The summed E-state index contributed by atoms with van der Waals surface area (Å²) in [7, 11) is 0. The van der Waals surface area contributed by atoms with Crippen LogP contribution in [0.5, 0.6) is 0 Å². The first-order chi connectivity index (χ1) is 8.61. The van der Waals surface area contributed by atoms with Crippen LogP contribution in [0.2, 0.25) is 0 Å². The quantitative estimate of drug-likeness (QED) is 0.874. The molecule has 2 aromatic rings. The van der Waals surface area contributed by atoms with Gasteiger partial charge in [-0.05, 0) is 36.8 Å². The molecule has 0 aliphatic rings. The number of carbonyl (C=O) groups is 1. The van der Waals surface area contributed by atoms with E-state index in [-0.39, 0.29) is 11.9 Å². The van der Waals surface area contributed by atoms with Crippen LogP contribution in [-0.4, -0.2) is 11.9 Å². The number of nitrogens with one attached hydrogen (secondary N) is 1. The van der Waals surface area contributed by atoms with Crippen LogP contribution in [0.4, 0.5) is 0 Å². The normalized spacial score (nSPS) is 10.3. The van der Waals surface area contributed by atoms with Crippen molar-refractivity contribution in [3.63, 3.8) is 0 Å². The summed E-state index contributed by atoms with van der Waals surface area (Å²) in [6, 6.07) is 13.2. The van der Waals surface area contributed by atoms with Crippen LogP contribution in [-0.2, 0) is 0 Å². The van der Waals surface area contributed by atoms with Gasteiger partial charge >= 0.3 is 0 Å². The topological polar surface area (TPSA) is 52.9 Å². The molecule has 1 amide bonds. The van der Waals surface area contributed by atoms with Crippen molar-refractivity contribution in [3.05, 3.63) is 47.5 Å². The summed E-state index contributed by atoms with van der Waals surface area (Å²) in [5.74, 6) is -0.140. The third kappa shape index (κ3) is 2.33. The zero-order valence-corrected chi connectivity index (χ0v) is 10.4. The molecule has 0 fully saturated rings. The predicted molar refractivity (Wildman–Crippen MR) is 71.3 cm³/mol. The summed E-state index contributed by atoms with van der Waals surface area (Å²) in [5.41, 5.74) is 1.06. The molecule has 0 bridgehead atoms. The molecule has 90 valence electrons. The van der Waals surface area contributed by atoms with Crippen molar-refractivity contribution in [1.82, 2.24) is 5.32 Å². The second kappa shape index (κ2) is 4.89. The largest absolute Gasteiger partial charge is 0.350 e. The van der Waals surface area contributed by atoms with Gasteiger partial charge in [0.15, 0.2) is 0 Å². The Morgan fingerprint density at radius 1 is 1.28 bits per heavy atom. The number of nitrogens with zero attached hydrogens (tertiary/aromatic N) is 1. The van der Waals surface area contributed by atoms with Crippen molar-refractivity contribution < 1.29 is 4.79 Å². The minimum atomic E-state index is -0.140. The molecule has 2 rings (SSSR count). The highest BCUT2D eigenvalue weighted by atomic mass is 16.1. The minimum Gasteiger partial charge on any atom is -0.350 e. The molecule has 0 spiro atoms. The highest BCUT2D eigenvalue weighted by Crippen LogP contribution is 2.21. The van der Waals surface area contributed by atoms with Crippen molar-refractivity contribution in [1.29, 1.82) is 5.26 Å². The van der Waals surface area contributed by atoms with Gasteiger partial charge in [-0.1, -0.05) is 24.3 Å². The number of amides is 1. The van der Waals surface area contributed by atoms with Crippen LogP contribution in [0.15, 0.2) is 36.4 Å². The van der Waals surface area contributed by atoms with Gasteiger partial charge in [0.1, 0.15) is 0 Å². The van der Waals surface area contributed by atoms with Crippen LogP contribution in [0.1, 0.15) is 29.8 Å². The molecular formula is C15H14N2O. The Morgan fingerprint density at radius 2 is 2.00 bits per heavy atom. The van der Waals surface area contributed by atoms with E-state index in [1.165, 1.54) is 0 Å². The van der Waals surface area contributed by atoms with E-state index in [9.17, 15) is 4.79 Å². The van der Waals surface area contributed by atoms with Crippen molar-refractivity contribution >= 4 is 16.7 Å². The number of benzene rings is 2. The Labute approximate surface area is 106 Å². The number of rotatable bonds is 2.